The molecule has 0 saturated carbocycles. The quantitative estimate of drug-likeness (QED) is 0.475. The van der Waals surface area contributed by atoms with Crippen LogP contribution < -0.4 is 5.32 Å². The monoisotopic (exact) mass is 454 g/mol. The highest BCUT2D eigenvalue weighted by Crippen LogP contribution is 2.32. The lowest BCUT2D eigenvalue weighted by molar-refractivity contribution is 0.0925. The third-order valence-corrected chi connectivity index (χ3v) is 9.21. The van der Waals surface area contributed by atoms with Gasteiger partial charge in [0.05, 0.1) is 6.54 Å². The highest BCUT2D eigenvalue weighted by molar-refractivity contribution is 7.91. The van der Waals surface area contributed by atoms with Crippen molar-refractivity contribution in [2.75, 3.05) is 13.1 Å². The maximum absolute atomic E-state index is 12.8. The van der Waals surface area contributed by atoms with E-state index < -0.39 is 10.0 Å². The zero-order valence-corrected chi connectivity index (χ0v) is 18.7. The van der Waals surface area contributed by atoms with Gasteiger partial charge in [-0.2, -0.15) is 4.31 Å². The van der Waals surface area contributed by atoms with Gasteiger partial charge in [-0.25, -0.2) is 8.42 Å². The first-order valence-electron chi connectivity index (χ1n) is 10.2. The molecule has 0 bridgehead atoms. The number of nitrogens with zero attached hydrogens (tertiary/aromatic N) is 1. The Bertz CT molecular complexity index is 1400. The van der Waals surface area contributed by atoms with Gasteiger partial charge in [-0.3, -0.25) is 4.79 Å². The predicted octanol–water partition coefficient (Wildman–Crippen LogP) is 4.67. The molecule has 0 unspecified atom stereocenters. The summed E-state index contributed by atoms with van der Waals surface area (Å²) in [6.07, 6.45) is 1.80. The summed E-state index contributed by atoms with van der Waals surface area (Å²) < 4.78 is 33.2. The summed E-state index contributed by atoms with van der Waals surface area (Å²) in [4.78, 5) is 13.6. The average molecular weight is 455 g/mol. The number of carbonyl (C=O) groups is 1. The van der Waals surface area contributed by atoms with E-state index in [9.17, 15) is 13.2 Å². The molecular formula is C23H22N2O4S2. The number of amides is 1. The van der Waals surface area contributed by atoms with Gasteiger partial charge in [0.2, 0.25) is 0 Å². The lowest BCUT2D eigenvalue weighted by Crippen LogP contribution is -2.27. The molecule has 1 aliphatic rings. The Morgan fingerprint density at radius 3 is 2.65 bits per heavy atom. The van der Waals surface area contributed by atoms with E-state index in [0.717, 1.165) is 39.4 Å². The second-order valence-corrected chi connectivity index (χ2v) is 11.1. The maximum Gasteiger partial charge on any atom is 0.287 e. The second-order valence-electron chi connectivity index (χ2n) is 7.73. The first-order valence-corrected chi connectivity index (χ1v) is 12.5. The molecule has 1 N–H and O–H groups in total. The van der Waals surface area contributed by atoms with Gasteiger partial charge in [-0.15, -0.1) is 11.3 Å². The van der Waals surface area contributed by atoms with Crippen molar-refractivity contribution in [3.8, 4) is 0 Å². The van der Waals surface area contributed by atoms with Gasteiger partial charge in [0, 0.05) is 34.3 Å². The second kappa shape index (κ2) is 7.78. The van der Waals surface area contributed by atoms with Gasteiger partial charge in [0.15, 0.2) is 5.76 Å². The van der Waals surface area contributed by atoms with Crippen molar-refractivity contribution in [2.45, 2.75) is 30.5 Å². The molecule has 0 spiro atoms. The van der Waals surface area contributed by atoms with Crippen molar-refractivity contribution >= 4 is 49.0 Å². The van der Waals surface area contributed by atoms with Gasteiger partial charge in [0.25, 0.3) is 15.9 Å². The summed E-state index contributed by atoms with van der Waals surface area (Å²) in [6, 6.07) is 15.3. The number of furan rings is 1. The lowest BCUT2D eigenvalue weighted by Gasteiger charge is -2.13. The van der Waals surface area contributed by atoms with E-state index in [0.29, 0.717) is 22.9 Å². The van der Waals surface area contributed by atoms with Crippen molar-refractivity contribution in [3.05, 3.63) is 64.7 Å². The van der Waals surface area contributed by atoms with E-state index in [-0.39, 0.29) is 18.2 Å². The number of hydrogen-bond acceptors (Lipinski definition) is 5. The molecule has 5 rings (SSSR count). The van der Waals surface area contributed by atoms with E-state index in [1.165, 1.54) is 15.6 Å². The van der Waals surface area contributed by atoms with E-state index in [1.54, 1.807) is 12.1 Å². The topological polar surface area (TPSA) is 79.6 Å². The Kier molecular flexibility index (Phi) is 5.08. The third-order valence-electron chi connectivity index (χ3n) is 5.75. The SMILES string of the molecule is Cc1c(C(=O)NCc2ccc(S(=O)(=O)N3CCCC3)s2)oc2c1ccc1ccccc12. The van der Waals surface area contributed by atoms with Crippen LogP contribution in [0, 0.1) is 6.92 Å². The maximum atomic E-state index is 12.8. The van der Waals surface area contributed by atoms with E-state index in [2.05, 4.69) is 5.32 Å². The van der Waals surface area contributed by atoms with Crippen LogP contribution in [0.5, 0.6) is 0 Å². The smallest absolute Gasteiger partial charge is 0.287 e. The minimum Gasteiger partial charge on any atom is -0.450 e. The number of hydrogen-bond donors (Lipinski definition) is 1. The minimum atomic E-state index is -3.43. The van der Waals surface area contributed by atoms with Crippen molar-refractivity contribution in [2.24, 2.45) is 0 Å². The van der Waals surface area contributed by atoms with Gasteiger partial charge in [-0.1, -0.05) is 36.4 Å². The first kappa shape index (κ1) is 20.2. The molecule has 3 heterocycles. The van der Waals surface area contributed by atoms with Crippen molar-refractivity contribution in [3.63, 3.8) is 0 Å². The largest absolute Gasteiger partial charge is 0.450 e. The van der Waals surface area contributed by atoms with Crippen molar-refractivity contribution in [1.82, 2.24) is 9.62 Å². The molecule has 1 aliphatic heterocycles. The minimum absolute atomic E-state index is 0.246. The standard InChI is InChI=1S/C23H22N2O4S2/c1-15-18-10-8-16-6-2-3-7-19(16)22(18)29-21(15)23(26)24-14-17-9-11-20(30-17)31(27,28)25-12-4-5-13-25/h2-3,6-11H,4-5,12-14H2,1H3,(H,24,26). The van der Waals surface area contributed by atoms with Crippen LogP contribution >= 0.6 is 11.3 Å². The summed E-state index contributed by atoms with van der Waals surface area (Å²) in [6.45, 7) is 3.27. The zero-order chi connectivity index (χ0) is 21.6. The molecule has 4 aromatic rings. The fourth-order valence-corrected chi connectivity index (χ4v) is 7.03. The molecular weight excluding hydrogens is 432 g/mol. The molecule has 1 amide bonds. The molecule has 0 radical (unpaired) electrons. The number of aryl methyl sites for hydroxylation is 1. The Morgan fingerprint density at radius 1 is 1.06 bits per heavy atom. The Morgan fingerprint density at radius 2 is 1.84 bits per heavy atom. The van der Waals surface area contributed by atoms with Gasteiger partial charge >= 0.3 is 0 Å². The van der Waals surface area contributed by atoms with E-state index in [4.69, 9.17) is 4.42 Å². The van der Waals surface area contributed by atoms with E-state index in [1.807, 2.05) is 43.3 Å². The molecule has 2 aromatic heterocycles. The van der Waals surface area contributed by atoms with Crippen LogP contribution in [-0.4, -0.2) is 31.7 Å². The van der Waals surface area contributed by atoms with Crippen LogP contribution in [-0.2, 0) is 16.6 Å². The van der Waals surface area contributed by atoms with Crippen LogP contribution in [0.2, 0.25) is 0 Å². The summed E-state index contributed by atoms with van der Waals surface area (Å²) in [5.41, 5.74) is 1.50. The van der Waals surface area contributed by atoms with Crippen LogP contribution in [0.15, 0.2) is 57.2 Å². The molecule has 1 saturated heterocycles. The van der Waals surface area contributed by atoms with E-state index >= 15 is 0 Å². The molecule has 2 aromatic carbocycles. The molecule has 1 fully saturated rings. The summed E-state index contributed by atoms with van der Waals surface area (Å²) >= 11 is 1.20. The Hall–Kier alpha value is -2.68. The lowest BCUT2D eigenvalue weighted by atomic mass is 10.1. The molecule has 6 nitrogen and oxygen atoms in total. The third kappa shape index (κ3) is 3.54. The normalized spacial score (nSPS) is 15.1. The number of rotatable bonds is 5. The summed E-state index contributed by atoms with van der Waals surface area (Å²) in [5, 5.41) is 5.81. The Labute approximate surface area is 184 Å². The molecule has 0 atom stereocenters. The Balaban J connectivity index is 1.35. The number of thiophene rings is 1. The van der Waals surface area contributed by atoms with Crippen molar-refractivity contribution in [1.29, 1.82) is 0 Å². The summed E-state index contributed by atoms with van der Waals surface area (Å²) in [5.74, 6) is -0.0250. The van der Waals surface area contributed by atoms with Crippen molar-refractivity contribution < 1.29 is 17.6 Å². The van der Waals surface area contributed by atoms with Crippen LogP contribution in [0.3, 0.4) is 0 Å². The molecule has 0 aliphatic carbocycles. The molecule has 8 heteroatoms. The van der Waals surface area contributed by atoms with Gasteiger partial charge in [-0.05, 0) is 37.3 Å². The highest BCUT2D eigenvalue weighted by atomic mass is 32.2. The molecule has 31 heavy (non-hydrogen) atoms. The fourth-order valence-electron chi connectivity index (χ4n) is 4.06. The first-order chi connectivity index (χ1) is 14.9. The number of nitrogens with one attached hydrogen (secondary N) is 1. The highest BCUT2D eigenvalue weighted by Gasteiger charge is 2.28. The van der Waals surface area contributed by atoms with Crippen LogP contribution in [0.1, 0.15) is 33.8 Å². The zero-order valence-electron chi connectivity index (χ0n) is 17.1. The number of sulfonamides is 1. The average Bonchev–Trinajstić information content (AvgIpc) is 3.53. The van der Waals surface area contributed by atoms with Crippen LogP contribution in [0.4, 0.5) is 0 Å². The number of benzene rings is 2. The van der Waals surface area contributed by atoms with Gasteiger partial charge in [0.1, 0.15) is 9.79 Å². The molecule has 160 valence electrons. The number of fused-ring (bicyclic) bond motifs is 3. The summed E-state index contributed by atoms with van der Waals surface area (Å²) in [7, 11) is -3.43. The van der Waals surface area contributed by atoms with Gasteiger partial charge < -0.3 is 9.73 Å². The fraction of sp³-hybridized carbons (Fsp3) is 0.261. The number of carbonyl (C=O) groups excluding carboxylic acids is 1. The van der Waals surface area contributed by atoms with Crippen LogP contribution in [0.25, 0.3) is 21.7 Å². The predicted molar refractivity (Wildman–Crippen MR) is 122 cm³/mol.